The fraction of sp³-hybridized carbons (Fsp3) is 0.182. The molecule has 18 heavy (non-hydrogen) atoms. The van der Waals surface area contributed by atoms with Crippen LogP contribution in [0, 0.1) is 0 Å². The minimum atomic E-state index is -0.653. The Morgan fingerprint density at radius 2 is 2.22 bits per heavy atom. The number of rotatable bonds is 6. The summed E-state index contributed by atoms with van der Waals surface area (Å²) in [5, 5.41) is 5.76. The van der Waals surface area contributed by atoms with E-state index >= 15 is 0 Å². The number of aldehydes is 1. The van der Waals surface area contributed by atoms with Gasteiger partial charge in [0.2, 0.25) is 11.7 Å². The van der Waals surface area contributed by atoms with Gasteiger partial charge in [-0.3, -0.25) is 14.4 Å². The lowest BCUT2D eigenvalue weighted by atomic mass is 10.1. The molecule has 7 heteroatoms. The van der Waals surface area contributed by atoms with Crippen molar-refractivity contribution >= 4 is 23.7 Å². The number of azide groups is 1. The van der Waals surface area contributed by atoms with Crippen LogP contribution in [-0.2, 0) is 9.59 Å². The van der Waals surface area contributed by atoms with Crippen LogP contribution in [0.4, 0.5) is 5.69 Å². The van der Waals surface area contributed by atoms with Gasteiger partial charge in [-0.1, -0.05) is 17.2 Å². The molecule has 1 aromatic rings. The van der Waals surface area contributed by atoms with Crippen molar-refractivity contribution in [3.8, 4) is 0 Å². The van der Waals surface area contributed by atoms with Crippen LogP contribution in [0.1, 0.15) is 16.8 Å². The number of nitrogens with zero attached hydrogens (tertiary/aromatic N) is 3. The highest BCUT2D eigenvalue weighted by atomic mass is 16.2. The molecule has 0 fully saturated rings. The third-order valence-electron chi connectivity index (χ3n) is 2.04. The monoisotopic (exact) mass is 246 g/mol. The van der Waals surface area contributed by atoms with Gasteiger partial charge in [0.25, 0.3) is 0 Å². The van der Waals surface area contributed by atoms with E-state index in [0.717, 1.165) is 0 Å². The number of ketones is 1. The second-order valence-corrected chi connectivity index (χ2v) is 3.32. The molecule has 0 bridgehead atoms. The number of amides is 1. The highest BCUT2D eigenvalue weighted by Gasteiger charge is 2.06. The van der Waals surface area contributed by atoms with Crippen molar-refractivity contribution in [2.45, 2.75) is 6.42 Å². The first-order valence-corrected chi connectivity index (χ1v) is 5.07. The molecule has 0 aromatic heterocycles. The Morgan fingerprint density at radius 1 is 1.44 bits per heavy atom. The predicted octanol–water partition coefficient (Wildman–Crippen LogP) is 1.71. The van der Waals surface area contributed by atoms with Gasteiger partial charge >= 0.3 is 0 Å². The second kappa shape index (κ2) is 6.82. The van der Waals surface area contributed by atoms with Crippen molar-refractivity contribution in [1.29, 1.82) is 0 Å². The van der Waals surface area contributed by atoms with Crippen molar-refractivity contribution in [3.63, 3.8) is 0 Å². The molecule has 1 rings (SSSR count). The summed E-state index contributed by atoms with van der Waals surface area (Å²) in [5.41, 5.74) is 8.67. The summed E-state index contributed by atoms with van der Waals surface area (Å²) in [6.45, 7) is 0.0648. The van der Waals surface area contributed by atoms with Crippen molar-refractivity contribution < 1.29 is 14.4 Å². The van der Waals surface area contributed by atoms with E-state index in [1.54, 1.807) is 12.1 Å². The number of nitrogens with one attached hydrogen (secondary N) is 1. The number of benzene rings is 1. The number of carbonyl (C=O) groups is 3. The molecule has 1 amide bonds. The van der Waals surface area contributed by atoms with Crippen LogP contribution >= 0.6 is 0 Å². The molecule has 7 nitrogen and oxygen atoms in total. The zero-order valence-electron chi connectivity index (χ0n) is 9.37. The van der Waals surface area contributed by atoms with Crippen LogP contribution in [0.2, 0.25) is 0 Å². The predicted molar refractivity (Wildman–Crippen MR) is 64.1 cm³/mol. The minimum absolute atomic E-state index is 0.0515. The SMILES string of the molecule is [N-]=[N+]=NCCC(=O)Nc1cccc(C(=O)C=O)c1. The highest BCUT2D eigenvalue weighted by Crippen LogP contribution is 2.11. The first-order chi connectivity index (χ1) is 8.67. The molecule has 0 aliphatic rings. The standard InChI is InChI=1S/C11H10N4O3/c12-15-13-5-4-11(18)14-9-3-1-2-8(6-9)10(17)7-16/h1-3,6-7H,4-5H2,(H,14,18). The van der Waals surface area contributed by atoms with Crippen LogP contribution in [0.15, 0.2) is 29.4 Å². The number of hydrogen-bond acceptors (Lipinski definition) is 4. The molecule has 0 aliphatic heterocycles. The van der Waals surface area contributed by atoms with E-state index in [0.29, 0.717) is 5.69 Å². The van der Waals surface area contributed by atoms with Gasteiger partial charge < -0.3 is 5.32 Å². The molecule has 1 aromatic carbocycles. The first kappa shape index (κ1) is 13.4. The average Bonchev–Trinajstić information content (AvgIpc) is 2.38. The van der Waals surface area contributed by atoms with Gasteiger partial charge in [-0.05, 0) is 17.7 Å². The number of carbonyl (C=O) groups excluding carboxylic acids is 3. The Hall–Kier alpha value is -2.66. The largest absolute Gasteiger partial charge is 0.326 e. The van der Waals surface area contributed by atoms with E-state index in [-0.39, 0.29) is 30.7 Å². The molecule has 0 radical (unpaired) electrons. The minimum Gasteiger partial charge on any atom is -0.326 e. The lowest BCUT2D eigenvalue weighted by Crippen LogP contribution is -2.12. The maximum absolute atomic E-state index is 11.4. The zero-order chi connectivity index (χ0) is 13.4. The summed E-state index contributed by atoms with van der Waals surface area (Å²) >= 11 is 0. The fourth-order valence-corrected chi connectivity index (χ4v) is 1.24. The molecule has 0 heterocycles. The van der Waals surface area contributed by atoms with E-state index in [4.69, 9.17) is 5.53 Å². The number of anilines is 1. The lowest BCUT2D eigenvalue weighted by molar-refractivity contribution is -0.116. The molecule has 0 spiro atoms. The maximum atomic E-state index is 11.4. The summed E-state index contributed by atoms with van der Waals surface area (Å²) in [6.07, 6.45) is 0.262. The third kappa shape index (κ3) is 4.07. The zero-order valence-corrected chi connectivity index (χ0v) is 9.37. The first-order valence-electron chi connectivity index (χ1n) is 5.07. The number of Topliss-reactive ketones (excluding diaryl/α,β-unsaturated/α-hetero) is 1. The van der Waals surface area contributed by atoms with E-state index in [9.17, 15) is 14.4 Å². The summed E-state index contributed by atoms with van der Waals surface area (Å²) in [4.78, 5) is 35.4. The van der Waals surface area contributed by atoms with Crippen LogP contribution in [0.3, 0.4) is 0 Å². The Labute approximate surface area is 102 Å². The normalized spacial score (nSPS) is 9.11. The Morgan fingerprint density at radius 3 is 2.89 bits per heavy atom. The third-order valence-corrected chi connectivity index (χ3v) is 2.04. The van der Waals surface area contributed by atoms with Crippen molar-refractivity contribution in [1.82, 2.24) is 0 Å². The van der Waals surface area contributed by atoms with Crippen LogP contribution in [-0.4, -0.2) is 24.5 Å². The summed E-state index contributed by atoms with van der Waals surface area (Å²) in [7, 11) is 0. The van der Waals surface area contributed by atoms with Gasteiger partial charge in [0.15, 0.2) is 6.29 Å². The van der Waals surface area contributed by atoms with Crippen molar-refractivity contribution in [2.75, 3.05) is 11.9 Å². The molecule has 0 unspecified atom stereocenters. The summed E-state index contributed by atoms with van der Waals surface area (Å²) < 4.78 is 0. The van der Waals surface area contributed by atoms with Gasteiger partial charge in [-0.15, -0.1) is 0 Å². The molecule has 0 saturated carbocycles. The molecule has 0 saturated heterocycles. The Balaban J connectivity index is 2.67. The molecule has 1 N–H and O–H groups in total. The van der Waals surface area contributed by atoms with Crippen LogP contribution in [0.25, 0.3) is 10.4 Å². The van der Waals surface area contributed by atoms with Gasteiger partial charge in [-0.25, -0.2) is 0 Å². The molecule has 0 aliphatic carbocycles. The lowest BCUT2D eigenvalue weighted by Gasteiger charge is -2.04. The van der Waals surface area contributed by atoms with Crippen molar-refractivity contribution in [3.05, 3.63) is 40.3 Å². The molecule has 0 atom stereocenters. The molecular formula is C11H10N4O3. The van der Waals surface area contributed by atoms with Crippen LogP contribution < -0.4 is 5.32 Å². The molecule has 92 valence electrons. The summed E-state index contributed by atoms with van der Waals surface area (Å²) in [5.74, 6) is -0.988. The summed E-state index contributed by atoms with van der Waals surface area (Å²) in [6, 6.07) is 6.03. The molecular weight excluding hydrogens is 236 g/mol. The highest BCUT2D eigenvalue weighted by molar-refractivity contribution is 6.33. The van der Waals surface area contributed by atoms with Crippen LogP contribution in [0.5, 0.6) is 0 Å². The van der Waals surface area contributed by atoms with E-state index in [1.165, 1.54) is 12.1 Å². The van der Waals surface area contributed by atoms with Gasteiger partial charge in [0.05, 0.1) is 0 Å². The van der Waals surface area contributed by atoms with Gasteiger partial charge in [0, 0.05) is 29.1 Å². The van der Waals surface area contributed by atoms with Crippen molar-refractivity contribution in [2.24, 2.45) is 5.11 Å². The number of hydrogen-bond donors (Lipinski definition) is 1. The fourth-order valence-electron chi connectivity index (χ4n) is 1.24. The average molecular weight is 246 g/mol. The van der Waals surface area contributed by atoms with Gasteiger partial charge in [0.1, 0.15) is 0 Å². The topological polar surface area (TPSA) is 112 Å². The quantitative estimate of drug-likeness (QED) is 0.206. The van der Waals surface area contributed by atoms with E-state index in [2.05, 4.69) is 15.3 Å². The smallest absolute Gasteiger partial charge is 0.225 e. The van der Waals surface area contributed by atoms with E-state index < -0.39 is 5.78 Å². The Bertz CT molecular complexity index is 521. The second-order valence-electron chi connectivity index (χ2n) is 3.32. The van der Waals surface area contributed by atoms with Gasteiger partial charge in [-0.2, -0.15) is 0 Å². The van der Waals surface area contributed by atoms with E-state index in [1.807, 2.05) is 0 Å². The maximum Gasteiger partial charge on any atom is 0.225 e. The Kier molecular flexibility index (Phi) is 5.08.